The van der Waals surface area contributed by atoms with Crippen molar-refractivity contribution in [3.63, 3.8) is 0 Å². The monoisotopic (exact) mass is 388 g/mol. The maximum Gasteiger partial charge on any atom is 0.387 e. The summed E-state index contributed by atoms with van der Waals surface area (Å²) in [5.41, 5.74) is 2.90. The van der Waals surface area contributed by atoms with Gasteiger partial charge in [0.2, 0.25) is 0 Å². The lowest BCUT2D eigenvalue weighted by Gasteiger charge is -2.32. The number of hydrogen-bond donors (Lipinski definition) is 0. The fourth-order valence-corrected chi connectivity index (χ4v) is 5.17. The summed E-state index contributed by atoms with van der Waals surface area (Å²) in [6, 6.07) is 12.4. The highest BCUT2D eigenvalue weighted by Gasteiger charge is 2.29. The zero-order valence-corrected chi connectivity index (χ0v) is 16.0. The summed E-state index contributed by atoms with van der Waals surface area (Å²) in [5, 5.41) is 0. The van der Waals surface area contributed by atoms with Gasteiger partial charge in [-0.15, -0.1) is 0 Å². The maximum atomic E-state index is 14.0. The molecule has 0 bridgehead atoms. The fourth-order valence-electron chi connectivity index (χ4n) is 5.17. The molecule has 2 aromatic rings. The normalized spacial score (nSPS) is 23.3. The Morgan fingerprint density at radius 1 is 0.750 bits per heavy atom. The molecule has 0 unspecified atom stereocenters. The molecule has 0 atom stereocenters. The van der Waals surface area contributed by atoms with Crippen molar-refractivity contribution in [1.29, 1.82) is 0 Å². The summed E-state index contributed by atoms with van der Waals surface area (Å²) in [7, 11) is 0. The molecule has 0 N–H and O–H groups in total. The molecule has 2 aliphatic carbocycles. The second-order valence-electron chi connectivity index (χ2n) is 8.30. The quantitative estimate of drug-likeness (QED) is 0.513. The topological polar surface area (TPSA) is 9.23 Å². The van der Waals surface area contributed by atoms with E-state index in [0.717, 1.165) is 17.4 Å². The third kappa shape index (κ3) is 4.37. The Hall–Kier alpha value is -1.97. The first kappa shape index (κ1) is 19.4. The molecule has 2 aliphatic rings. The van der Waals surface area contributed by atoms with E-state index in [1.165, 1.54) is 69.1 Å². The van der Waals surface area contributed by atoms with Crippen molar-refractivity contribution >= 4 is 0 Å². The van der Waals surface area contributed by atoms with E-state index in [2.05, 4.69) is 16.9 Å². The van der Waals surface area contributed by atoms with Gasteiger partial charge in [0, 0.05) is 0 Å². The van der Waals surface area contributed by atoms with E-state index in [0.29, 0.717) is 11.5 Å². The highest BCUT2D eigenvalue weighted by Crippen LogP contribution is 2.43. The highest BCUT2D eigenvalue weighted by molar-refractivity contribution is 5.64. The Morgan fingerprint density at radius 3 is 1.96 bits per heavy atom. The molecule has 0 spiro atoms. The third-order valence-electron chi connectivity index (χ3n) is 6.70. The Morgan fingerprint density at radius 2 is 1.36 bits per heavy atom. The number of ether oxygens (including phenoxy) is 1. The van der Waals surface area contributed by atoms with Crippen LogP contribution in [0.25, 0.3) is 11.1 Å². The maximum absolute atomic E-state index is 14.0. The molecule has 4 rings (SSSR count). The van der Waals surface area contributed by atoms with E-state index in [1.54, 1.807) is 6.07 Å². The Labute approximate surface area is 164 Å². The minimum atomic E-state index is -3.02. The van der Waals surface area contributed by atoms with Gasteiger partial charge in [0.15, 0.2) is 11.6 Å². The second kappa shape index (κ2) is 8.59. The average Bonchev–Trinajstić information content (AvgIpc) is 3.24. The largest absolute Gasteiger partial charge is 0.432 e. The van der Waals surface area contributed by atoms with Gasteiger partial charge in [-0.2, -0.15) is 8.78 Å². The number of rotatable bonds is 5. The standard InChI is InChI=1S/C24H27F3O/c25-22-15-21(13-14-23(22)28-24(26)27)20-11-9-19(10-12-20)18-7-5-17(6-8-18)16-3-1-2-4-16/h9-18,24H,1-8H2. The number of alkyl halides is 2. The van der Waals surface area contributed by atoms with Crippen LogP contribution >= 0.6 is 0 Å². The minimum absolute atomic E-state index is 0.422. The molecule has 28 heavy (non-hydrogen) atoms. The van der Waals surface area contributed by atoms with Crippen LogP contribution in [-0.2, 0) is 0 Å². The van der Waals surface area contributed by atoms with Gasteiger partial charge in [-0.25, -0.2) is 4.39 Å². The molecule has 0 amide bonds. The second-order valence-corrected chi connectivity index (χ2v) is 8.30. The van der Waals surface area contributed by atoms with E-state index in [1.807, 2.05) is 12.1 Å². The molecular weight excluding hydrogens is 361 g/mol. The van der Waals surface area contributed by atoms with Crippen LogP contribution in [0.1, 0.15) is 62.8 Å². The summed E-state index contributed by atoms with van der Waals surface area (Å²) in [5.74, 6) is 1.32. The van der Waals surface area contributed by atoms with E-state index < -0.39 is 18.2 Å². The zero-order valence-electron chi connectivity index (χ0n) is 16.0. The smallest absolute Gasteiger partial charge is 0.387 e. The molecule has 150 valence electrons. The lowest BCUT2D eigenvalue weighted by Crippen LogP contribution is -2.19. The van der Waals surface area contributed by atoms with E-state index in [4.69, 9.17) is 0 Å². The molecule has 2 saturated carbocycles. The first-order valence-corrected chi connectivity index (χ1v) is 10.4. The number of hydrogen-bond acceptors (Lipinski definition) is 1. The highest BCUT2D eigenvalue weighted by atomic mass is 19.3. The molecule has 2 fully saturated rings. The Kier molecular flexibility index (Phi) is 5.93. The van der Waals surface area contributed by atoms with Crippen molar-refractivity contribution in [2.75, 3.05) is 0 Å². The van der Waals surface area contributed by atoms with Crippen LogP contribution in [0.2, 0.25) is 0 Å². The summed E-state index contributed by atoms with van der Waals surface area (Å²) < 4.78 is 42.7. The Bertz CT molecular complexity index is 773. The molecule has 2 aromatic carbocycles. The van der Waals surface area contributed by atoms with Crippen LogP contribution in [0.15, 0.2) is 42.5 Å². The molecule has 0 radical (unpaired) electrons. The summed E-state index contributed by atoms with van der Waals surface area (Å²) in [6.07, 6.45) is 10.9. The van der Waals surface area contributed by atoms with E-state index in [-0.39, 0.29) is 0 Å². The molecule has 0 saturated heterocycles. The Balaban J connectivity index is 1.39. The lowest BCUT2D eigenvalue weighted by atomic mass is 9.73. The van der Waals surface area contributed by atoms with Crippen LogP contribution in [0.3, 0.4) is 0 Å². The summed E-state index contributed by atoms with van der Waals surface area (Å²) in [4.78, 5) is 0. The molecule has 0 aliphatic heterocycles. The fraction of sp³-hybridized carbons (Fsp3) is 0.500. The van der Waals surface area contributed by atoms with Crippen LogP contribution in [0.4, 0.5) is 13.2 Å². The molecule has 0 aromatic heterocycles. The minimum Gasteiger partial charge on any atom is -0.432 e. The van der Waals surface area contributed by atoms with Gasteiger partial charge < -0.3 is 4.74 Å². The van der Waals surface area contributed by atoms with Crippen molar-refractivity contribution in [3.8, 4) is 16.9 Å². The van der Waals surface area contributed by atoms with Crippen LogP contribution < -0.4 is 4.74 Å². The van der Waals surface area contributed by atoms with E-state index >= 15 is 0 Å². The van der Waals surface area contributed by atoms with Crippen molar-refractivity contribution < 1.29 is 17.9 Å². The predicted octanol–water partition coefficient (Wildman–Crippen LogP) is 7.56. The van der Waals surface area contributed by atoms with Crippen molar-refractivity contribution in [2.24, 2.45) is 11.8 Å². The molecular formula is C24H27F3O. The summed E-state index contributed by atoms with van der Waals surface area (Å²) in [6.45, 7) is -3.02. The van der Waals surface area contributed by atoms with E-state index in [9.17, 15) is 13.2 Å². The van der Waals surface area contributed by atoms with Gasteiger partial charge in [-0.1, -0.05) is 56.0 Å². The van der Waals surface area contributed by atoms with Crippen LogP contribution in [-0.4, -0.2) is 6.61 Å². The van der Waals surface area contributed by atoms with Crippen molar-refractivity contribution in [3.05, 3.63) is 53.8 Å². The van der Waals surface area contributed by atoms with Gasteiger partial charge in [0.05, 0.1) is 0 Å². The third-order valence-corrected chi connectivity index (χ3v) is 6.70. The number of halogens is 3. The van der Waals surface area contributed by atoms with Crippen LogP contribution in [0, 0.1) is 17.7 Å². The zero-order chi connectivity index (χ0) is 19.5. The molecule has 4 heteroatoms. The van der Waals surface area contributed by atoms with Gasteiger partial charge in [0.25, 0.3) is 0 Å². The average molecular weight is 388 g/mol. The first-order valence-electron chi connectivity index (χ1n) is 10.4. The van der Waals surface area contributed by atoms with Gasteiger partial charge in [0.1, 0.15) is 0 Å². The lowest BCUT2D eigenvalue weighted by molar-refractivity contribution is -0.0521. The van der Waals surface area contributed by atoms with Gasteiger partial charge in [-0.3, -0.25) is 0 Å². The van der Waals surface area contributed by atoms with Crippen LogP contribution in [0.5, 0.6) is 5.75 Å². The number of benzene rings is 2. The van der Waals surface area contributed by atoms with Gasteiger partial charge in [-0.05, 0) is 72.3 Å². The van der Waals surface area contributed by atoms with Gasteiger partial charge >= 0.3 is 6.61 Å². The SMILES string of the molecule is Fc1cc(-c2ccc(C3CCC(C4CCCC4)CC3)cc2)ccc1OC(F)F. The van der Waals surface area contributed by atoms with Crippen molar-refractivity contribution in [2.45, 2.75) is 63.9 Å². The summed E-state index contributed by atoms with van der Waals surface area (Å²) >= 11 is 0. The molecule has 0 heterocycles. The first-order chi connectivity index (χ1) is 13.6. The predicted molar refractivity (Wildman–Crippen MR) is 105 cm³/mol. The molecule has 1 nitrogen and oxygen atoms in total. The van der Waals surface area contributed by atoms with Crippen molar-refractivity contribution in [1.82, 2.24) is 0 Å².